The number of furan rings is 1. The third kappa shape index (κ3) is 5.94. The van der Waals surface area contributed by atoms with E-state index in [4.69, 9.17) is 32.4 Å². The van der Waals surface area contributed by atoms with E-state index in [-0.39, 0.29) is 0 Å². The molecule has 1 aliphatic heterocycles. The fourth-order valence-electron chi connectivity index (χ4n) is 2.73. The fourth-order valence-corrected chi connectivity index (χ4v) is 3.20. The average Bonchev–Trinajstić information content (AvgIpc) is 3.32. The summed E-state index contributed by atoms with van der Waals surface area (Å²) in [7, 11) is 0. The van der Waals surface area contributed by atoms with Crippen molar-refractivity contribution in [3.05, 3.63) is 58.0 Å². The minimum atomic E-state index is 0.479. The maximum atomic E-state index is 6.24. The fraction of sp³-hybridized carbons (Fsp3) is 0.421. The van der Waals surface area contributed by atoms with Gasteiger partial charge in [0.15, 0.2) is 5.96 Å². The van der Waals surface area contributed by atoms with Gasteiger partial charge < -0.3 is 19.8 Å². The number of aliphatic imine (C=N–C) groups is 1. The van der Waals surface area contributed by atoms with Crippen molar-refractivity contribution in [2.75, 3.05) is 26.3 Å². The Balaban J connectivity index is 1.58. The van der Waals surface area contributed by atoms with E-state index in [0.717, 1.165) is 56.4 Å². The van der Waals surface area contributed by atoms with Crippen LogP contribution >= 0.6 is 23.2 Å². The highest BCUT2D eigenvalue weighted by Gasteiger charge is 2.15. The lowest BCUT2D eigenvalue weighted by atomic mass is 10.1. The van der Waals surface area contributed by atoms with E-state index < -0.39 is 0 Å². The molecule has 26 heavy (non-hydrogen) atoms. The van der Waals surface area contributed by atoms with Gasteiger partial charge in [0.25, 0.3) is 0 Å². The first-order valence-corrected chi connectivity index (χ1v) is 9.52. The number of guanidine groups is 1. The number of hydrogen-bond acceptors (Lipinski definition) is 3. The second-order valence-corrected chi connectivity index (χ2v) is 7.11. The Morgan fingerprint density at radius 1 is 1.23 bits per heavy atom. The Morgan fingerprint density at radius 2 is 2.15 bits per heavy atom. The van der Waals surface area contributed by atoms with Gasteiger partial charge in [-0.05, 0) is 36.2 Å². The highest BCUT2D eigenvalue weighted by Crippen LogP contribution is 2.21. The van der Waals surface area contributed by atoms with Crippen molar-refractivity contribution in [3.63, 3.8) is 0 Å². The van der Waals surface area contributed by atoms with Crippen LogP contribution in [0.5, 0.6) is 0 Å². The molecule has 1 unspecified atom stereocenters. The van der Waals surface area contributed by atoms with Crippen LogP contribution in [0.4, 0.5) is 0 Å². The molecule has 2 aromatic rings. The lowest BCUT2D eigenvalue weighted by Gasteiger charge is -2.15. The Morgan fingerprint density at radius 3 is 2.88 bits per heavy atom. The molecular weight excluding hydrogens is 373 g/mol. The standard InChI is InChI=1S/C19H23Cl2N3O2/c20-16-4-3-15(18(21)10-16)12-24-19(23-11-14-6-9-25-13-14)22-7-5-17-2-1-8-26-17/h1-4,8,10,14H,5-7,9,11-13H2,(H2,22,23,24). The van der Waals surface area contributed by atoms with Crippen LogP contribution in [-0.4, -0.2) is 32.3 Å². The quantitative estimate of drug-likeness (QED) is 0.551. The van der Waals surface area contributed by atoms with E-state index in [1.165, 1.54) is 0 Å². The van der Waals surface area contributed by atoms with Crippen LogP contribution in [0.3, 0.4) is 0 Å². The summed E-state index contributed by atoms with van der Waals surface area (Å²) in [6.07, 6.45) is 3.56. The minimum absolute atomic E-state index is 0.479. The number of nitrogens with one attached hydrogen (secondary N) is 2. The third-order valence-corrected chi connectivity index (χ3v) is 4.84. The highest BCUT2D eigenvalue weighted by atomic mass is 35.5. The van der Waals surface area contributed by atoms with Gasteiger partial charge in [-0.25, -0.2) is 4.99 Å². The predicted octanol–water partition coefficient (Wildman–Crippen LogP) is 3.90. The number of benzene rings is 1. The van der Waals surface area contributed by atoms with E-state index in [1.807, 2.05) is 24.3 Å². The largest absolute Gasteiger partial charge is 0.469 e. The van der Waals surface area contributed by atoms with Gasteiger partial charge in [0.2, 0.25) is 0 Å². The number of ether oxygens (including phenoxy) is 1. The maximum Gasteiger partial charge on any atom is 0.191 e. The van der Waals surface area contributed by atoms with Crippen LogP contribution in [-0.2, 0) is 17.7 Å². The summed E-state index contributed by atoms with van der Waals surface area (Å²) in [5.41, 5.74) is 0.937. The summed E-state index contributed by atoms with van der Waals surface area (Å²) in [6, 6.07) is 9.33. The first kappa shape index (κ1) is 19.1. The molecule has 0 aliphatic carbocycles. The zero-order valence-corrected chi connectivity index (χ0v) is 16.0. The minimum Gasteiger partial charge on any atom is -0.469 e. The monoisotopic (exact) mass is 395 g/mol. The molecule has 1 fully saturated rings. The summed E-state index contributed by atoms with van der Waals surface area (Å²) in [6.45, 7) is 3.68. The molecule has 2 heterocycles. The van der Waals surface area contributed by atoms with Crippen LogP contribution in [0, 0.1) is 5.92 Å². The summed E-state index contributed by atoms with van der Waals surface area (Å²) >= 11 is 12.2. The van der Waals surface area contributed by atoms with E-state index in [0.29, 0.717) is 22.5 Å². The summed E-state index contributed by atoms with van der Waals surface area (Å²) in [4.78, 5) is 4.66. The van der Waals surface area contributed by atoms with Crippen molar-refractivity contribution in [1.29, 1.82) is 0 Å². The van der Waals surface area contributed by atoms with Gasteiger partial charge in [-0.1, -0.05) is 29.3 Å². The number of nitrogens with zero attached hydrogens (tertiary/aromatic N) is 1. The molecule has 1 saturated heterocycles. The van der Waals surface area contributed by atoms with Crippen molar-refractivity contribution < 1.29 is 9.15 Å². The molecule has 140 valence electrons. The van der Waals surface area contributed by atoms with Crippen LogP contribution in [0.15, 0.2) is 46.0 Å². The van der Waals surface area contributed by atoms with Crippen LogP contribution < -0.4 is 10.6 Å². The predicted molar refractivity (Wildman–Crippen MR) is 105 cm³/mol. The zero-order chi connectivity index (χ0) is 18.2. The van der Waals surface area contributed by atoms with Gasteiger partial charge in [0.1, 0.15) is 5.76 Å². The van der Waals surface area contributed by atoms with E-state index in [9.17, 15) is 0 Å². The summed E-state index contributed by atoms with van der Waals surface area (Å²) in [5.74, 6) is 2.22. The molecule has 1 atom stereocenters. The molecule has 0 saturated carbocycles. The number of hydrogen-bond donors (Lipinski definition) is 2. The van der Waals surface area contributed by atoms with Crippen molar-refractivity contribution in [2.24, 2.45) is 10.9 Å². The lowest BCUT2D eigenvalue weighted by molar-refractivity contribution is 0.186. The van der Waals surface area contributed by atoms with Crippen molar-refractivity contribution >= 4 is 29.2 Å². The normalized spacial score (nSPS) is 17.5. The zero-order valence-electron chi connectivity index (χ0n) is 14.5. The Hall–Kier alpha value is -1.69. The van der Waals surface area contributed by atoms with Gasteiger partial charge in [-0.15, -0.1) is 0 Å². The van der Waals surface area contributed by atoms with Gasteiger partial charge in [0.05, 0.1) is 19.4 Å². The first-order chi connectivity index (χ1) is 12.7. The molecule has 1 aromatic heterocycles. The smallest absolute Gasteiger partial charge is 0.191 e. The average molecular weight is 396 g/mol. The van der Waals surface area contributed by atoms with Gasteiger partial charge >= 0.3 is 0 Å². The van der Waals surface area contributed by atoms with Crippen LogP contribution in [0.2, 0.25) is 10.0 Å². The van der Waals surface area contributed by atoms with Gasteiger partial charge in [-0.2, -0.15) is 0 Å². The molecule has 0 bridgehead atoms. The first-order valence-electron chi connectivity index (χ1n) is 8.77. The Bertz CT molecular complexity index is 714. The summed E-state index contributed by atoms with van der Waals surface area (Å²) < 4.78 is 10.8. The SMILES string of the molecule is Clc1ccc(CN=C(NCCc2ccco2)NCC2CCOC2)c(Cl)c1. The van der Waals surface area contributed by atoms with Crippen LogP contribution in [0.1, 0.15) is 17.7 Å². The molecule has 1 aromatic carbocycles. The maximum absolute atomic E-state index is 6.24. The van der Waals surface area contributed by atoms with Crippen LogP contribution in [0.25, 0.3) is 0 Å². The molecule has 1 aliphatic rings. The van der Waals surface area contributed by atoms with Crippen molar-refractivity contribution in [3.8, 4) is 0 Å². The third-order valence-electron chi connectivity index (χ3n) is 4.25. The number of rotatable bonds is 7. The number of halogens is 2. The van der Waals surface area contributed by atoms with E-state index >= 15 is 0 Å². The Labute approximate surface area is 163 Å². The molecule has 5 nitrogen and oxygen atoms in total. The molecule has 0 amide bonds. The molecule has 7 heteroatoms. The van der Waals surface area contributed by atoms with Crippen molar-refractivity contribution in [1.82, 2.24) is 10.6 Å². The molecule has 0 spiro atoms. The lowest BCUT2D eigenvalue weighted by Crippen LogP contribution is -2.40. The van der Waals surface area contributed by atoms with Gasteiger partial charge in [-0.3, -0.25) is 0 Å². The molecule has 0 radical (unpaired) electrons. The molecule has 3 rings (SSSR count). The highest BCUT2D eigenvalue weighted by molar-refractivity contribution is 6.35. The van der Waals surface area contributed by atoms with Crippen molar-refractivity contribution in [2.45, 2.75) is 19.4 Å². The van der Waals surface area contributed by atoms with Gasteiger partial charge in [0, 0.05) is 42.1 Å². The molecule has 2 N–H and O–H groups in total. The summed E-state index contributed by atoms with van der Waals surface area (Å²) in [5, 5.41) is 8.00. The van der Waals surface area contributed by atoms with E-state index in [2.05, 4.69) is 15.6 Å². The second-order valence-electron chi connectivity index (χ2n) is 6.27. The second kappa shape index (κ2) is 9.86. The topological polar surface area (TPSA) is 58.8 Å². The van der Waals surface area contributed by atoms with E-state index in [1.54, 1.807) is 12.3 Å². The Kier molecular flexibility index (Phi) is 7.23. The molecular formula is C19H23Cl2N3O2.